The first kappa shape index (κ1) is 14.3. The van der Waals surface area contributed by atoms with Crippen LogP contribution in [0.3, 0.4) is 0 Å². The van der Waals surface area contributed by atoms with Crippen LogP contribution in [0.1, 0.15) is 72.1 Å². The molecule has 3 unspecified atom stereocenters. The van der Waals surface area contributed by atoms with Crippen LogP contribution >= 0.6 is 0 Å². The molecule has 0 aromatic carbocycles. The van der Waals surface area contributed by atoms with Gasteiger partial charge in [0.25, 0.3) is 0 Å². The second-order valence-corrected chi connectivity index (χ2v) is 9.39. The lowest BCUT2D eigenvalue weighted by atomic mass is 9.48. The van der Waals surface area contributed by atoms with E-state index in [4.69, 9.17) is 0 Å². The van der Waals surface area contributed by atoms with Crippen molar-refractivity contribution in [1.82, 2.24) is 0 Å². The van der Waals surface area contributed by atoms with Crippen LogP contribution in [0.25, 0.3) is 0 Å². The average molecular weight is 288 g/mol. The summed E-state index contributed by atoms with van der Waals surface area (Å²) in [5.41, 5.74) is 2.72. The third-order valence-corrected chi connectivity index (χ3v) is 8.10. The lowest BCUT2D eigenvalue weighted by molar-refractivity contribution is -0.0281. The van der Waals surface area contributed by atoms with Crippen LogP contribution in [0.2, 0.25) is 0 Å². The van der Waals surface area contributed by atoms with Gasteiger partial charge in [0, 0.05) is 0 Å². The minimum atomic E-state index is -0.0247. The SMILES string of the molecule is C[C@H]1CC[C@@]2(C)C(=CCC3C4C[C@@H](O)C[C@@]4(C)CCC32)C1. The zero-order valence-electron chi connectivity index (χ0n) is 14.1. The Balaban J connectivity index is 1.67. The Bertz CT molecular complexity index is 466. The van der Waals surface area contributed by atoms with E-state index < -0.39 is 0 Å². The van der Waals surface area contributed by atoms with E-state index in [1.165, 1.54) is 38.5 Å². The molecule has 0 aromatic rings. The summed E-state index contributed by atoms with van der Waals surface area (Å²) in [5, 5.41) is 10.2. The van der Waals surface area contributed by atoms with Crippen molar-refractivity contribution >= 4 is 0 Å². The molecule has 0 heterocycles. The molecule has 118 valence electrons. The fraction of sp³-hybridized carbons (Fsp3) is 0.900. The molecular formula is C20H32O. The van der Waals surface area contributed by atoms with Crippen LogP contribution < -0.4 is 0 Å². The van der Waals surface area contributed by atoms with Gasteiger partial charge in [-0.25, -0.2) is 0 Å². The summed E-state index contributed by atoms with van der Waals surface area (Å²) in [7, 11) is 0. The number of aliphatic hydroxyl groups excluding tert-OH is 1. The molecule has 0 saturated heterocycles. The van der Waals surface area contributed by atoms with Crippen LogP contribution in [0.15, 0.2) is 11.6 Å². The van der Waals surface area contributed by atoms with E-state index in [0.29, 0.717) is 10.8 Å². The van der Waals surface area contributed by atoms with Crippen molar-refractivity contribution in [2.75, 3.05) is 0 Å². The topological polar surface area (TPSA) is 20.2 Å². The molecule has 3 fully saturated rings. The lowest BCUT2D eigenvalue weighted by Gasteiger charge is -2.57. The summed E-state index contributed by atoms with van der Waals surface area (Å²) in [4.78, 5) is 0. The van der Waals surface area contributed by atoms with Crippen LogP contribution in [-0.4, -0.2) is 11.2 Å². The highest BCUT2D eigenvalue weighted by molar-refractivity contribution is 5.24. The van der Waals surface area contributed by atoms with Gasteiger partial charge in [-0.05, 0) is 85.9 Å². The van der Waals surface area contributed by atoms with E-state index in [1.807, 2.05) is 0 Å². The lowest BCUT2D eigenvalue weighted by Crippen LogP contribution is -2.48. The Morgan fingerprint density at radius 1 is 1.14 bits per heavy atom. The standard InChI is InChI=1S/C20H32O/c1-13-6-9-20(3)14(10-13)4-5-16-17(20)7-8-19(2)12-15(21)11-18(16)19/h4,13,15-18,21H,5-12H2,1-3H3/t13-,15+,16?,17?,18?,19+,20-/m0/s1. The Morgan fingerprint density at radius 3 is 2.76 bits per heavy atom. The molecule has 4 aliphatic rings. The molecule has 3 saturated carbocycles. The predicted molar refractivity (Wildman–Crippen MR) is 86.9 cm³/mol. The first-order chi connectivity index (χ1) is 9.92. The quantitative estimate of drug-likeness (QED) is 0.626. The molecule has 0 spiro atoms. The average Bonchev–Trinajstić information content (AvgIpc) is 2.74. The van der Waals surface area contributed by atoms with Gasteiger partial charge in [0.15, 0.2) is 0 Å². The van der Waals surface area contributed by atoms with Crippen molar-refractivity contribution in [3.8, 4) is 0 Å². The fourth-order valence-electron chi connectivity index (χ4n) is 6.86. The third-order valence-electron chi connectivity index (χ3n) is 8.10. The predicted octanol–water partition coefficient (Wildman–Crippen LogP) is 4.95. The maximum atomic E-state index is 10.2. The van der Waals surface area contributed by atoms with Gasteiger partial charge in [-0.15, -0.1) is 0 Å². The van der Waals surface area contributed by atoms with Gasteiger partial charge in [-0.1, -0.05) is 32.4 Å². The number of fused-ring (bicyclic) bond motifs is 5. The zero-order chi connectivity index (χ0) is 14.8. The zero-order valence-corrected chi connectivity index (χ0v) is 14.1. The molecule has 0 aliphatic heterocycles. The highest BCUT2D eigenvalue weighted by atomic mass is 16.3. The maximum absolute atomic E-state index is 10.2. The van der Waals surface area contributed by atoms with Gasteiger partial charge in [0.05, 0.1) is 6.10 Å². The van der Waals surface area contributed by atoms with Gasteiger partial charge in [0.2, 0.25) is 0 Å². The highest BCUT2D eigenvalue weighted by Gasteiger charge is 2.57. The van der Waals surface area contributed by atoms with Crippen LogP contribution in [0, 0.1) is 34.5 Å². The van der Waals surface area contributed by atoms with Crippen molar-refractivity contribution in [1.29, 1.82) is 0 Å². The molecule has 0 bridgehead atoms. The Morgan fingerprint density at radius 2 is 1.95 bits per heavy atom. The van der Waals surface area contributed by atoms with Crippen molar-refractivity contribution in [2.24, 2.45) is 34.5 Å². The number of hydrogen-bond donors (Lipinski definition) is 1. The van der Waals surface area contributed by atoms with E-state index >= 15 is 0 Å². The summed E-state index contributed by atoms with van der Waals surface area (Å²) < 4.78 is 0. The van der Waals surface area contributed by atoms with Crippen LogP contribution in [-0.2, 0) is 0 Å². The fourth-order valence-corrected chi connectivity index (χ4v) is 6.86. The number of hydrogen-bond acceptors (Lipinski definition) is 1. The van der Waals surface area contributed by atoms with Gasteiger partial charge >= 0.3 is 0 Å². The monoisotopic (exact) mass is 288 g/mol. The van der Waals surface area contributed by atoms with Crippen molar-refractivity contribution in [2.45, 2.75) is 78.2 Å². The summed E-state index contributed by atoms with van der Waals surface area (Å²) in [5.74, 6) is 3.42. The summed E-state index contributed by atoms with van der Waals surface area (Å²) in [6.45, 7) is 7.47. The molecule has 21 heavy (non-hydrogen) atoms. The molecule has 1 heteroatoms. The minimum absolute atomic E-state index is 0.0247. The molecule has 1 nitrogen and oxygen atoms in total. The Hall–Kier alpha value is -0.300. The van der Waals surface area contributed by atoms with E-state index in [1.54, 1.807) is 5.57 Å². The smallest absolute Gasteiger partial charge is 0.0548 e. The number of allylic oxidation sites excluding steroid dienone is 2. The second-order valence-electron chi connectivity index (χ2n) is 9.39. The van der Waals surface area contributed by atoms with E-state index in [0.717, 1.165) is 36.5 Å². The van der Waals surface area contributed by atoms with Crippen LogP contribution in [0.4, 0.5) is 0 Å². The molecule has 1 N–H and O–H groups in total. The maximum Gasteiger partial charge on any atom is 0.0548 e. The van der Waals surface area contributed by atoms with Crippen molar-refractivity contribution in [3.05, 3.63) is 11.6 Å². The number of aliphatic hydroxyl groups is 1. The second kappa shape index (κ2) is 4.60. The molecule has 0 radical (unpaired) electrons. The van der Waals surface area contributed by atoms with Crippen molar-refractivity contribution < 1.29 is 5.11 Å². The third kappa shape index (κ3) is 1.99. The molecule has 4 rings (SSSR count). The first-order valence-corrected chi connectivity index (χ1v) is 9.30. The largest absolute Gasteiger partial charge is 0.393 e. The van der Waals surface area contributed by atoms with E-state index in [2.05, 4.69) is 26.8 Å². The minimum Gasteiger partial charge on any atom is -0.393 e. The number of rotatable bonds is 0. The molecule has 7 atom stereocenters. The molecule has 4 aliphatic carbocycles. The first-order valence-electron chi connectivity index (χ1n) is 9.30. The summed E-state index contributed by atoms with van der Waals surface area (Å²) in [6.07, 6.45) is 13.0. The molecular weight excluding hydrogens is 256 g/mol. The van der Waals surface area contributed by atoms with Gasteiger partial charge in [0.1, 0.15) is 0 Å². The van der Waals surface area contributed by atoms with E-state index in [9.17, 15) is 5.11 Å². The van der Waals surface area contributed by atoms with E-state index in [-0.39, 0.29) is 6.10 Å². The Labute approximate surface area is 130 Å². The van der Waals surface area contributed by atoms with Gasteiger partial charge < -0.3 is 5.11 Å². The van der Waals surface area contributed by atoms with Crippen LogP contribution in [0.5, 0.6) is 0 Å². The molecule has 0 amide bonds. The molecule has 0 aromatic heterocycles. The van der Waals surface area contributed by atoms with Gasteiger partial charge in [-0.2, -0.15) is 0 Å². The van der Waals surface area contributed by atoms with Crippen molar-refractivity contribution in [3.63, 3.8) is 0 Å². The normalized spacial score (nSPS) is 56.2. The Kier molecular flexibility index (Phi) is 3.13. The summed E-state index contributed by atoms with van der Waals surface area (Å²) in [6, 6.07) is 0. The van der Waals surface area contributed by atoms with Gasteiger partial charge in [-0.3, -0.25) is 0 Å². The summed E-state index contributed by atoms with van der Waals surface area (Å²) >= 11 is 0. The highest BCUT2D eigenvalue weighted by Crippen LogP contribution is 2.65.